The van der Waals surface area contributed by atoms with Gasteiger partial charge < -0.3 is 15.2 Å². The minimum Gasteiger partial charge on any atom is -0.444 e. The number of aliphatic hydroxyl groups excluding tert-OH is 1. The first-order valence-corrected chi connectivity index (χ1v) is 15.0. The zero-order chi connectivity index (χ0) is 26.8. The highest BCUT2D eigenvalue weighted by atomic mass is 16.6. The van der Waals surface area contributed by atoms with Crippen LogP contribution in [-0.4, -0.2) is 36.8 Å². The molecule has 36 heavy (non-hydrogen) atoms. The van der Waals surface area contributed by atoms with Crippen molar-refractivity contribution in [1.29, 1.82) is 0 Å². The largest absolute Gasteiger partial charge is 0.444 e. The molecule has 0 spiro atoms. The van der Waals surface area contributed by atoms with Gasteiger partial charge in [0.15, 0.2) is 0 Å². The summed E-state index contributed by atoms with van der Waals surface area (Å²) in [4.78, 5) is 11.5. The summed E-state index contributed by atoms with van der Waals surface area (Å²) < 4.78 is 5.17. The van der Waals surface area contributed by atoms with Gasteiger partial charge in [-0.3, -0.25) is 0 Å². The van der Waals surface area contributed by atoms with Crippen LogP contribution in [0.25, 0.3) is 0 Å². The number of hydrogen-bond donors (Lipinski definition) is 2. The molecule has 1 amide bonds. The molecule has 7 fully saturated rings. The molecule has 7 rings (SSSR count). The summed E-state index contributed by atoms with van der Waals surface area (Å²) in [5.41, 5.74) is 0.792. The van der Waals surface area contributed by atoms with Crippen LogP contribution < -0.4 is 5.32 Å². The van der Waals surface area contributed by atoms with Gasteiger partial charge in [-0.15, -0.1) is 0 Å². The third kappa shape index (κ3) is 5.01. The van der Waals surface area contributed by atoms with Gasteiger partial charge in [-0.2, -0.15) is 0 Å². The number of fused-ring (bicyclic) bond motifs is 5. The Hall–Kier alpha value is -0.705. The molecule has 7 aliphatic carbocycles. The molecule has 0 saturated heterocycles. The van der Waals surface area contributed by atoms with Crippen LogP contribution in [0.2, 0.25) is 5.82 Å². The van der Waals surface area contributed by atoms with Gasteiger partial charge in [0.1, 0.15) is 5.60 Å². The third-order valence-electron chi connectivity index (χ3n) is 12.1. The average Bonchev–Trinajstić information content (AvgIpc) is 2.76. The van der Waals surface area contributed by atoms with Gasteiger partial charge in [-0.1, -0.05) is 53.8 Å². The molecule has 5 heteroatoms. The molecule has 0 aliphatic heterocycles. The van der Waals surface area contributed by atoms with Crippen molar-refractivity contribution in [3.8, 4) is 0 Å². The lowest BCUT2D eigenvalue weighted by Crippen LogP contribution is -2.65. The maximum absolute atomic E-state index is 11.5. The first-order chi connectivity index (χ1) is 16.6. The quantitative estimate of drug-likeness (QED) is 0.402. The van der Waals surface area contributed by atoms with Gasteiger partial charge in [0.05, 0.1) is 14.0 Å². The predicted molar refractivity (Wildman–Crippen MR) is 148 cm³/mol. The number of carbonyl (C=O) groups excluding carboxylic acids is 1. The van der Waals surface area contributed by atoms with Crippen LogP contribution in [0.4, 0.5) is 4.79 Å². The number of amides is 1. The molecule has 4 bridgehead atoms. The topological polar surface area (TPSA) is 58.6 Å². The Morgan fingerprint density at radius 2 is 1.47 bits per heavy atom. The highest BCUT2D eigenvalue weighted by molar-refractivity contribution is 6.12. The van der Waals surface area contributed by atoms with Crippen molar-refractivity contribution in [1.82, 2.24) is 5.32 Å². The first-order valence-electron chi connectivity index (χ1n) is 15.0. The van der Waals surface area contributed by atoms with Gasteiger partial charge in [-0.25, -0.2) is 4.79 Å². The summed E-state index contributed by atoms with van der Waals surface area (Å²) in [5, 5.41) is 12.5. The van der Waals surface area contributed by atoms with E-state index >= 15 is 0 Å². The van der Waals surface area contributed by atoms with Gasteiger partial charge in [-0.05, 0) is 117 Å². The number of aliphatic hydroxyl groups is 1. The fraction of sp³-hybridized carbons (Fsp3) is 0.968. The molecule has 2 radical (unpaired) electrons. The lowest BCUT2D eigenvalue weighted by Gasteiger charge is -2.72. The van der Waals surface area contributed by atoms with Crippen molar-refractivity contribution in [3.05, 3.63) is 0 Å². The normalized spacial score (nSPS) is 48.9. The van der Waals surface area contributed by atoms with Crippen molar-refractivity contribution in [2.75, 3.05) is 0 Å². The van der Waals surface area contributed by atoms with E-state index in [1.165, 1.54) is 25.7 Å². The smallest absolute Gasteiger partial charge is 0.407 e. The number of hydrogen-bond acceptors (Lipinski definition) is 3. The van der Waals surface area contributed by atoms with Crippen LogP contribution in [0, 0.1) is 58.2 Å². The number of carbonyl (C=O) groups is 1. The molecule has 0 aromatic heterocycles. The average molecular weight is 500 g/mol. The van der Waals surface area contributed by atoms with Crippen LogP contribution in [-0.2, 0) is 4.74 Å². The molecule has 1 unspecified atom stereocenters. The molecule has 0 heterocycles. The Bertz CT molecular complexity index is 808. The van der Waals surface area contributed by atoms with E-state index in [4.69, 9.17) is 12.6 Å². The second kappa shape index (κ2) is 9.80. The highest BCUT2D eigenvalue weighted by Crippen LogP contribution is 2.74. The Balaban J connectivity index is 0.000000175. The van der Waals surface area contributed by atoms with E-state index in [1.807, 2.05) is 27.7 Å². The van der Waals surface area contributed by atoms with Crippen molar-refractivity contribution in [2.24, 2.45) is 58.2 Å². The van der Waals surface area contributed by atoms with Crippen LogP contribution >= 0.6 is 0 Å². The SMILES string of the molecule is C[C@H]1CC[C@@H](NC(=O)OC(C)(C)C)C[C@@H]1O.[B][C@H]1C[C@H]2C[C@@H]([C@@H]1C)C2(C)[C@H]1C[C@H]2C[C@@H]([C@@H]1C)C2(C)C. The zero-order valence-corrected chi connectivity index (χ0v) is 24.6. The molecule has 4 nitrogen and oxygen atoms in total. The Morgan fingerprint density at radius 3 is 2.00 bits per heavy atom. The molecule has 7 aliphatic rings. The van der Waals surface area contributed by atoms with Crippen molar-refractivity contribution in [2.45, 2.75) is 131 Å². The highest BCUT2D eigenvalue weighted by Gasteiger charge is 2.66. The Kier molecular flexibility index (Phi) is 7.70. The van der Waals surface area contributed by atoms with Gasteiger partial charge in [0.2, 0.25) is 0 Å². The van der Waals surface area contributed by atoms with E-state index in [0.29, 0.717) is 29.0 Å². The lowest BCUT2D eigenvalue weighted by atomic mass is 9.32. The van der Waals surface area contributed by atoms with Crippen LogP contribution in [0.15, 0.2) is 0 Å². The minimum atomic E-state index is -0.468. The molecule has 7 saturated carbocycles. The fourth-order valence-electron chi connectivity index (χ4n) is 9.38. The monoisotopic (exact) mass is 499 g/mol. The van der Waals surface area contributed by atoms with Crippen LogP contribution in [0.1, 0.15) is 107 Å². The maximum atomic E-state index is 11.5. The molecule has 2 N–H and O–H groups in total. The minimum absolute atomic E-state index is 0.0426. The maximum Gasteiger partial charge on any atom is 0.407 e. The Labute approximate surface area is 222 Å². The van der Waals surface area contributed by atoms with E-state index in [2.05, 4.69) is 39.9 Å². The molecule has 12 atom stereocenters. The predicted octanol–water partition coefficient (Wildman–Crippen LogP) is 7.00. The molecule has 0 aromatic rings. The second-order valence-electron chi connectivity index (χ2n) is 15.4. The fourth-order valence-corrected chi connectivity index (χ4v) is 9.38. The van der Waals surface area contributed by atoms with E-state index < -0.39 is 5.60 Å². The molecular formula is C31H54BNO3. The van der Waals surface area contributed by atoms with Crippen molar-refractivity contribution >= 4 is 13.9 Å². The second-order valence-corrected chi connectivity index (χ2v) is 15.4. The van der Waals surface area contributed by atoms with Crippen LogP contribution in [0.3, 0.4) is 0 Å². The lowest BCUT2D eigenvalue weighted by molar-refractivity contribution is -0.227. The molecular weight excluding hydrogens is 445 g/mol. The number of alkyl carbamates (subject to hydrolysis) is 1. The van der Waals surface area contributed by atoms with Gasteiger partial charge >= 0.3 is 6.09 Å². The first kappa shape index (κ1) is 28.3. The third-order valence-corrected chi connectivity index (χ3v) is 12.1. The molecule has 204 valence electrons. The standard InChI is InChI=1S/C19H31B.C12H23NO3/c1-10-14-6-12(18(14,3)4)7-15(10)19(5)13-8-16(19)11(2)17(20)9-13;1-8-5-6-9(7-10(8)14)13-11(15)16-12(2,3)4/h10-17H,6-9H2,1-5H3;8-10,14H,5-7H2,1-4H3,(H,13,15)/t10-,11-,12+,13+,14-,15-,16-,17-,19?;8-,9+,10-/m00/s1. The van der Waals surface area contributed by atoms with Gasteiger partial charge in [0.25, 0.3) is 0 Å². The van der Waals surface area contributed by atoms with Crippen molar-refractivity contribution in [3.63, 3.8) is 0 Å². The van der Waals surface area contributed by atoms with Crippen molar-refractivity contribution < 1.29 is 14.6 Å². The summed E-state index contributed by atoms with van der Waals surface area (Å²) in [6.07, 6.45) is 7.59. The van der Waals surface area contributed by atoms with E-state index in [0.717, 1.165) is 54.3 Å². The van der Waals surface area contributed by atoms with E-state index in [9.17, 15) is 9.90 Å². The van der Waals surface area contributed by atoms with E-state index in [-0.39, 0.29) is 18.2 Å². The Morgan fingerprint density at radius 1 is 0.889 bits per heavy atom. The summed E-state index contributed by atoms with van der Waals surface area (Å²) >= 11 is 0. The van der Waals surface area contributed by atoms with E-state index in [1.54, 1.807) is 0 Å². The summed E-state index contributed by atoms with van der Waals surface area (Å²) in [7, 11) is 6.36. The van der Waals surface area contributed by atoms with Gasteiger partial charge in [0, 0.05) is 6.04 Å². The summed E-state index contributed by atoms with van der Waals surface area (Å²) in [6.45, 7) is 20.3. The zero-order valence-electron chi connectivity index (χ0n) is 24.6. The van der Waals surface area contributed by atoms with Crippen LogP contribution in [0.5, 0.6) is 0 Å². The molecule has 0 aromatic carbocycles. The summed E-state index contributed by atoms with van der Waals surface area (Å²) in [5.74, 6) is 7.35. The number of nitrogens with one attached hydrogen (secondary N) is 1. The summed E-state index contributed by atoms with van der Waals surface area (Å²) in [6, 6.07) is 0.0426. The number of ether oxygens (including phenoxy) is 1. The number of rotatable bonds is 2.